The minimum Gasteiger partial charge on any atom is -0.326 e. The smallest absolute Gasteiger partial charge is 0.228 e. The largest absolute Gasteiger partial charge is 0.326 e. The van der Waals surface area contributed by atoms with E-state index in [2.05, 4.69) is 20.7 Å². The number of benzene rings is 2. The van der Waals surface area contributed by atoms with Gasteiger partial charge >= 0.3 is 0 Å². The van der Waals surface area contributed by atoms with Crippen LogP contribution in [0.5, 0.6) is 0 Å². The highest BCUT2D eigenvalue weighted by Gasteiger charge is 2.19. The lowest BCUT2D eigenvalue weighted by atomic mass is 10.1. The van der Waals surface area contributed by atoms with Gasteiger partial charge in [-0.2, -0.15) is 4.80 Å². The first-order chi connectivity index (χ1) is 12.1. The third-order valence-corrected chi connectivity index (χ3v) is 4.11. The fourth-order valence-electron chi connectivity index (χ4n) is 2.68. The molecule has 0 radical (unpaired) electrons. The molecule has 0 bridgehead atoms. The Labute approximate surface area is 147 Å². The molecule has 7 nitrogen and oxygen atoms in total. The zero-order valence-electron chi connectivity index (χ0n) is 12.9. The number of tetrazole rings is 1. The molecule has 0 saturated heterocycles. The fourth-order valence-corrected chi connectivity index (χ4v) is 2.87. The molecule has 2 aromatic carbocycles. The van der Waals surface area contributed by atoms with Crippen molar-refractivity contribution in [3.63, 3.8) is 0 Å². The van der Waals surface area contributed by atoms with Crippen LogP contribution in [0.3, 0.4) is 0 Å². The summed E-state index contributed by atoms with van der Waals surface area (Å²) in [5.41, 5.74) is 2.82. The Kier molecular flexibility index (Phi) is 3.77. The SMILES string of the molecule is O=C1Cc2cc(C(=O)Cn3nnc(-c4cccc(Cl)c4)n3)ccc2N1. The number of halogens is 1. The molecule has 8 heteroatoms. The van der Waals surface area contributed by atoms with Gasteiger partial charge < -0.3 is 5.32 Å². The molecule has 25 heavy (non-hydrogen) atoms. The number of rotatable bonds is 4. The Morgan fingerprint density at radius 1 is 1.24 bits per heavy atom. The van der Waals surface area contributed by atoms with Crippen molar-refractivity contribution in [3.05, 3.63) is 58.6 Å². The third kappa shape index (κ3) is 3.14. The van der Waals surface area contributed by atoms with Crippen LogP contribution in [0.2, 0.25) is 5.02 Å². The van der Waals surface area contributed by atoms with Crippen molar-refractivity contribution in [2.45, 2.75) is 13.0 Å². The summed E-state index contributed by atoms with van der Waals surface area (Å²) in [6, 6.07) is 12.2. The van der Waals surface area contributed by atoms with Gasteiger partial charge in [-0.15, -0.1) is 10.2 Å². The van der Waals surface area contributed by atoms with Gasteiger partial charge in [0.15, 0.2) is 5.78 Å². The molecule has 124 valence electrons. The molecule has 0 saturated carbocycles. The number of fused-ring (bicyclic) bond motifs is 1. The van der Waals surface area contributed by atoms with Crippen LogP contribution in [-0.4, -0.2) is 31.9 Å². The monoisotopic (exact) mass is 353 g/mol. The van der Waals surface area contributed by atoms with Gasteiger partial charge in [0.2, 0.25) is 11.7 Å². The Bertz CT molecular complexity index is 998. The molecule has 1 aliphatic heterocycles. The highest BCUT2D eigenvalue weighted by molar-refractivity contribution is 6.30. The second kappa shape index (κ2) is 6.10. The quantitative estimate of drug-likeness (QED) is 0.727. The van der Waals surface area contributed by atoms with Crippen molar-refractivity contribution < 1.29 is 9.59 Å². The summed E-state index contributed by atoms with van der Waals surface area (Å²) in [6.07, 6.45) is 0.289. The van der Waals surface area contributed by atoms with Crippen LogP contribution in [0, 0.1) is 0 Å². The second-order valence-corrected chi connectivity index (χ2v) is 6.11. The molecular formula is C17H12ClN5O2. The van der Waals surface area contributed by atoms with Crippen molar-refractivity contribution >= 4 is 29.0 Å². The number of hydrogen-bond donors (Lipinski definition) is 1. The van der Waals surface area contributed by atoms with Crippen LogP contribution >= 0.6 is 11.6 Å². The Morgan fingerprint density at radius 2 is 2.12 bits per heavy atom. The Hall–Kier alpha value is -3.06. The first-order valence-electron chi connectivity index (χ1n) is 7.58. The van der Waals surface area contributed by atoms with E-state index < -0.39 is 0 Å². The molecule has 4 rings (SSSR count). The number of carbonyl (C=O) groups excluding carboxylic acids is 2. The topological polar surface area (TPSA) is 89.8 Å². The van der Waals surface area contributed by atoms with E-state index in [1.165, 1.54) is 4.80 Å². The zero-order valence-corrected chi connectivity index (χ0v) is 13.7. The Morgan fingerprint density at radius 3 is 2.96 bits per heavy atom. The average molecular weight is 354 g/mol. The maximum atomic E-state index is 12.4. The average Bonchev–Trinajstić information content (AvgIpc) is 3.19. The number of ketones is 1. The number of nitrogens with one attached hydrogen (secondary N) is 1. The van der Waals surface area contributed by atoms with Crippen molar-refractivity contribution in [2.75, 3.05) is 5.32 Å². The molecule has 0 fully saturated rings. The highest BCUT2D eigenvalue weighted by Crippen LogP contribution is 2.24. The van der Waals surface area contributed by atoms with Gasteiger partial charge in [0, 0.05) is 21.8 Å². The van der Waals surface area contributed by atoms with Crippen molar-refractivity contribution in [3.8, 4) is 11.4 Å². The van der Waals surface area contributed by atoms with Crippen molar-refractivity contribution in [1.82, 2.24) is 20.2 Å². The minimum atomic E-state index is -0.155. The van der Waals surface area contributed by atoms with Gasteiger partial charge in [0.25, 0.3) is 0 Å². The van der Waals surface area contributed by atoms with E-state index in [4.69, 9.17) is 11.6 Å². The normalized spacial score (nSPS) is 12.8. The van der Waals surface area contributed by atoms with E-state index in [1.54, 1.807) is 36.4 Å². The maximum absolute atomic E-state index is 12.4. The molecule has 0 atom stereocenters. The fraction of sp³-hybridized carbons (Fsp3) is 0.118. The van der Waals surface area contributed by atoms with Gasteiger partial charge in [0.05, 0.1) is 6.42 Å². The molecule has 1 aromatic heterocycles. The predicted molar refractivity (Wildman–Crippen MR) is 91.4 cm³/mol. The zero-order chi connectivity index (χ0) is 17.4. The highest BCUT2D eigenvalue weighted by atomic mass is 35.5. The lowest BCUT2D eigenvalue weighted by Gasteiger charge is -2.03. The van der Waals surface area contributed by atoms with Crippen molar-refractivity contribution in [2.24, 2.45) is 0 Å². The van der Waals surface area contributed by atoms with Crippen molar-refractivity contribution in [1.29, 1.82) is 0 Å². The lowest BCUT2D eigenvalue weighted by Crippen LogP contribution is -2.13. The summed E-state index contributed by atoms with van der Waals surface area (Å²) in [5, 5.41) is 15.4. The van der Waals surface area contributed by atoms with Gasteiger partial charge in [-0.3, -0.25) is 9.59 Å². The Balaban J connectivity index is 1.52. The van der Waals surface area contributed by atoms with Crippen LogP contribution in [0.15, 0.2) is 42.5 Å². The predicted octanol–water partition coefficient (Wildman–Crippen LogP) is 2.37. The molecule has 0 aliphatic carbocycles. The molecule has 0 unspecified atom stereocenters. The summed E-state index contributed by atoms with van der Waals surface area (Å²) < 4.78 is 0. The van der Waals surface area contributed by atoms with E-state index in [1.807, 2.05) is 6.07 Å². The van der Waals surface area contributed by atoms with Gasteiger partial charge in [-0.25, -0.2) is 0 Å². The summed E-state index contributed by atoms with van der Waals surface area (Å²) in [4.78, 5) is 25.1. The van der Waals surface area contributed by atoms with Gasteiger partial charge in [-0.05, 0) is 41.1 Å². The molecular weight excluding hydrogens is 342 g/mol. The molecule has 1 N–H and O–H groups in total. The van der Waals surface area contributed by atoms with Gasteiger partial charge in [-0.1, -0.05) is 23.7 Å². The lowest BCUT2D eigenvalue weighted by molar-refractivity contribution is -0.115. The molecule has 1 amide bonds. The first-order valence-corrected chi connectivity index (χ1v) is 7.96. The third-order valence-electron chi connectivity index (χ3n) is 3.87. The van der Waals surface area contributed by atoms with Crippen LogP contribution in [0.25, 0.3) is 11.4 Å². The molecule has 0 spiro atoms. The van der Waals surface area contributed by atoms with E-state index in [-0.39, 0.29) is 24.7 Å². The van der Waals surface area contributed by atoms with Crippen LogP contribution in [0.1, 0.15) is 15.9 Å². The van der Waals surface area contributed by atoms with Crippen LogP contribution in [0.4, 0.5) is 5.69 Å². The number of anilines is 1. The van der Waals surface area contributed by atoms with Gasteiger partial charge in [0.1, 0.15) is 6.54 Å². The standard InChI is InChI=1S/C17H12ClN5O2/c18-13-3-1-2-11(7-13)17-20-22-23(21-17)9-15(24)10-4-5-14-12(6-10)8-16(25)19-14/h1-7H,8-9H2,(H,19,25). The van der Waals surface area contributed by atoms with E-state index in [9.17, 15) is 9.59 Å². The van der Waals surface area contributed by atoms with E-state index in [0.29, 0.717) is 16.4 Å². The molecule has 2 heterocycles. The number of aromatic nitrogens is 4. The van der Waals surface area contributed by atoms with Crippen LogP contribution in [-0.2, 0) is 17.8 Å². The first kappa shape index (κ1) is 15.5. The summed E-state index contributed by atoms with van der Waals surface area (Å²) in [6.45, 7) is -0.0340. The summed E-state index contributed by atoms with van der Waals surface area (Å²) in [5.74, 6) is 0.181. The minimum absolute atomic E-state index is 0.0340. The van der Waals surface area contributed by atoms with E-state index >= 15 is 0 Å². The maximum Gasteiger partial charge on any atom is 0.228 e. The number of carbonyl (C=O) groups is 2. The number of Topliss-reactive ketones (excluding diaryl/α,β-unsaturated/α-hetero) is 1. The summed E-state index contributed by atoms with van der Waals surface area (Å²) in [7, 11) is 0. The summed E-state index contributed by atoms with van der Waals surface area (Å²) >= 11 is 5.96. The second-order valence-electron chi connectivity index (χ2n) is 5.67. The van der Waals surface area contributed by atoms with E-state index in [0.717, 1.165) is 16.8 Å². The van der Waals surface area contributed by atoms with Crippen LogP contribution < -0.4 is 5.32 Å². The molecule has 1 aliphatic rings. The number of nitrogens with zero attached hydrogens (tertiary/aromatic N) is 4. The molecule has 3 aromatic rings. The number of hydrogen-bond acceptors (Lipinski definition) is 5. The number of amides is 1.